The van der Waals surface area contributed by atoms with Crippen LogP contribution in [-0.2, 0) is 10.2 Å². The molecule has 0 radical (unpaired) electrons. The smallest absolute Gasteiger partial charge is 0.339 e. The highest BCUT2D eigenvalue weighted by Crippen LogP contribution is 2.42. The molecule has 0 atom stereocenters. The molecule has 5 nitrogen and oxygen atoms in total. The zero-order chi connectivity index (χ0) is 14.2. The van der Waals surface area contributed by atoms with Crippen molar-refractivity contribution in [3.8, 4) is 0 Å². The number of aromatic nitrogens is 3. The van der Waals surface area contributed by atoms with Gasteiger partial charge in [-0.05, 0) is 31.4 Å². The molecule has 1 aliphatic rings. The second-order valence-corrected chi connectivity index (χ2v) is 5.50. The summed E-state index contributed by atoms with van der Waals surface area (Å²) in [5, 5.41) is 8.65. The highest BCUT2D eigenvalue weighted by Gasteiger charge is 2.38. The van der Waals surface area contributed by atoms with Gasteiger partial charge in [-0.15, -0.1) is 10.2 Å². The lowest BCUT2D eigenvalue weighted by molar-refractivity contribution is 0.0600. The molecule has 106 valence electrons. The van der Waals surface area contributed by atoms with Gasteiger partial charge in [0.25, 0.3) is 0 Å². The second-order valence-electron chi connectivity index (χ2n) is 5.50. The van der Waals surface area contributed by atoms with Crippen molar-refractivity contribution in [2.24, 2.45) is 0 Å². The monoisotopic (exact) mass is 273 g/mol. The topological polar surface area (TPSA) is 56.5 Å². The summed E-state index contributed by atoms with van der Waals surface area (Å²) in [5.41, 5.74) is 1.42. The maximum absolute atomic E-state index is 11.7. The van der Waals surface area contributed by atoms with Crippen molar-refractivity contribution in [3.63, 3.8) is 0 Å². The largest absolute Gasteiger partial charge is 0.465 e. The summed E-state index contributed by atoms with van der Waals surface area (Å²) in [7, 11) is 1.39. The summed E-state index contributed by atoms with van der Waals surface area (Å²) in [6.45, 7) is 2.20. The van der Waals surface area contributed by atoms with Crippen molar-refractivity contribution in [3.05, 3.63) is 29.7 Å². The number of methoxy groups -OCH3 is 1. The molecule has 0 amide bonds. The third kappa shape index (κ3) is 1.88. The minimum Gasteiger partial charge on any atom is -0.465 e. The quantitative estimate of drug-likeness (QED) is 0.807. The molecule has 1 aliphatic carbocycles. The number of pyridine rings is 1. The van der Waals surface area contributed by atoms with Crippen LogP contribution >= 0.6 is 0 Å². The first kappa shape index (κ1) is 13.1. The summed E-state index contributed by atoms with van der Waals surface area (Å²) in [5.74, 6) is 0.654. The van der Waals surface area contributed by atoms with E-state index in [0.29, 0.717) is 5.56 Å². The molecule has 0 bridgehead atoms. The molecule has 0 N–H and O–H groups in total. The molecule has 1 fully saturated rings. The van der Waals surface area contributed by atoms with Crippen LogP contribution in [0.2, 0.25) is 0 Å². The fourth-order valence-corrected chi connectivity index (χ4v) is 3.28. The maximum Gasteiger partial charge on any atom is 0.339 e. The van der Waals surface area contributed by atoms with Crippen molar-refractivity contribution >= 4 is 11.6 Å². The van der Waals surface area contributed by atoms with Gasteiger partial charge in [0.2, 0.25) is 0 Å². The Labute approximate surface area is 118 Å². The summed E-state index contributed by atoms with van der Waals surface area (Å²) in [6, 6.07) is 3.55. The fourth-order valence-electron chi connectivity index (χ4n) is 3.28. The van der Waals surface area contributed by atoms with E-state index in [0.717, 1.165) is 30.7 Å². The normalized spacial score (nSPS) is 17.5. The highest BCUT2D eigenvalue weighted by atomic mass is 16.5. The summed E-state index contributed by atoms with van der Waals surface area (Å²) in [4.78, 5) is 11.7. The summed E-state index contributed by atoms with van der Waals surface area (Å²) < 4.78 is 6.74. The minimum absolute atomic E-state index is 0.105. The Morgan fingerprint density at radius 1 is 1.35 bits per heavy atom. The van der Waals surface area contributed by atoms with Gasteiger partial charge in [-0.25, -0.2) is 4.79 Å². The molecular formula is C15H19N3O2. The molecule has 0 saturated heterocycles. The molecular weight excluding hydrogens is 254 g/mol. The van der Waals surface area contributed by atoms with Crippen molar-refractivity contribution in [1.29, 1.82) is 0 Å². The lowest BCUT2D eigenvalue weighted by atomic mass is 9.82. The number of ether oxygens (including phenoxy) is 1. The van der Waals surface area contributed by atoms with E-state index in [-0.39, 0.29) is 11.4 Å². The summed E-state index contributed by atoms with van der Waals surface area (Å²) in [6.07, 6.45) is 7.61. The number of esters is 1. The third-order valence-corrected chi connectivity index (χ3v) is 4.54. The SMILES string of the molecule is CCC1(c2nnc3ccc(C(=O)OC)cn23)CCCC1. The lowest BCUT2D eigenvalue weighted by Crippen LogP contribution is -2.24. The molecule has 0 aromatic carbocycles. The van der Waals surface area contributed by atoms with Crippen molar-refractivity contribution in [2.45, 2.75) is 44.4 Å². The number of carbonyl (C=O) groups is 1. The van der Waals surface area contributed by atoms with Gasteiger partial charge in [-0.1, -0.05) is 19.8 Å². The van der Waals surface area contributed by atoms with E-state index in [1.165, 1.54) is 20.0 Å². The van der Waals surface area contributed by atoms with Gasteiger partial charge >= 0.3 is 5.97 Å². The van der Waals surface area contributed by atoms with Crippen molar-refractivity contribution < 1.29 is 9.53 Å². The van der Waals surface area contributed by atoms with Crippen LogP contribution in [0.25, 0.3) is 5.65 Å². The van der Waals surface area contributed by atoms with E-state index in [9.17, 15) is 4.79 Å². The van der Waals surface area contributed by atoms with Crippen LogP contribution in [0.15, 0.2) is 18.3 Å². The number of rotatable bonds is 3. The molecule has 20 heavy (non-hydrogen) atoms. The molecule has 1 saturated carbocycles. The first-order valence-electron chi connectivity index (χ1n) is 7.14. The van der Waals surface area contributed by atoms with Gasteiger partial charge in [0.15, 0.2) is 5.65 Å². The minimum atomic E-state index is -0.330. The van der Waals surface area contributed by atoms with Crippen LogP contribution < -0.4 is 0 Å². The Hall–Kier alpha value is -1.91. The Morgan fingerprint density at radius 2 is 2.10 bits per heavy atom. The van der Waals surface area contributed by atoms with Crippen LogP contribution in [0.1, 0.15) is 55.2 Å². The van der Waals surface area contributed by atoms with E-state index in [2.05, 4.69) is 17.1 Å². The van der Waals surface area contributed by atoms with Crippen LogP contribution in [-0.4, -0.2) is 27.7 Å². The molecule has 0 unspecified atom stereocenters. The molecule has 2 aromatic rings. The van der Waals surface area contributed by atoms with Gasteiger partial charge in [-0.2, -0.15) is 0 Å². The zero-order valence-corrected chi connectivity index (χ0v) is 11.9. The van der Waals surface area contributed by atoms with Crippen molar-refractivity contribution in [2.75, 3.05) is 7.11 Å². The van der Waals surface area contributed by atoms with E-state index in [1.807, 2.05) is 10.5 Å². The highest BCUT2D eigenvalue weighted by molar-refractivity contribution is 5.89. The fraction of sp³-hybridized carbons (Fsp3) is 0.533. The van der Waals surface area contributed by atoms with E-state index in [1.54, 1.807) is 12.3 Å². The number of nitrogens with zero attached hydrogens (tertiary/aromatic N) is 3. The van der Waals surface area contributed by atoms with Crippen LogP contribution in [0, 0.1) is 0 Å². The number of hydrogen-bond donors (Lipinski definition) is 0. The maximum atomic E-state index is 11.7. The Bertz CT molecular complexity index is 642. The lowest BCUT2D eigenvalue weighted by Gasteiger charge is -2.25. The zero-order valence-electron chi connectivity index (χ0n) is 11.9. The Morgan fingerprint density at radius 3 is 2.75 bits per heavy atom. The summed E-state index contributed by atoms with van der Waals surface area (Å²) >= 11 is 0. The van der Waals surface area contributed by atoms with Gasteiger partial charge in [0, 0.05) is 11.6 Å². The number of fused-ring (bicyclic) bond motifs is 1. The van der Waals surface area contributed by atoms with Crippen LogP contribution in [0.5, 0.6) is 0 Å². The molecule has 5 heteroatoms. The number of carbonyl (C=O) groups excluding carboxylic acids is 1. The third-order valence-electron chi connectivity index (χ3n) is 4.54. The van der Waals surface area contributed by atoms with Gasteiger partial charge in [0.1, 0.15) is 5.82 Å². The predicted octanol–water partition coefficient (Wildman–Crippen LogP) is 2.74. The van der Waals surface area contributed by atoms with E-state index < -0.39 is 0 Å². The first-order valence-corrected chi connectivity index (χ1v) is 7.14. The average Bonchev–Trinajstić information content (AvgIpc) is 3.12. The Balaban J connectivity index is 2.14. The molecule has 0 spiro atoms. The van der Waals surface area contributed by atoms with E-state index in [4.69, 9.17) is 4.74 Å². The first-order chi connectivity index (χ1) is 9.70. The average molecular weight is 273 g/mol. The standard InChI is InChI=1S/C15H19N3O2/c1-3-15(8-4-5-9-15)14-17-16-12-7-6-11(10-18(12)14)13(19)20-2/h6-7,10H,3-5,8-9H2,1-2H3. The Kier molecular flexibility index (Phi) is 3.20. The van der Waals surface area contributed by atoms with Crippen molar-refractivity contribution in [1.82, 2.24) is 14.6 Å². The molecule has 0 aliphatic heterocycles. The molecule has 2 heterocycles. The van der Waals surface area contributed by atoms with E-state index >= 15 is 0 Å². The van der Waals surface area contributed by atoms with Gasteiger partial charge in [0.05, 0.1) is 12.7 Å². The van der Waals surface area contributed by atoms with Crippen LogP contribution in [0.3, 0.4) is 0 Å². The predicted molar refractivity (Wildman–Crippen MR) is 74.8 cm³/mol. The van der Waals surface area contributed by atoms with Crippen LogP contribution in [0.4, 0.5) is 0 Å². The molecule has 2 aromatic heterocycles. The molecule has 3 rings (SSSR count). The number of hydrogen-bond acceptors (Lipinski definition) is 4. The van der Waals surface area contributed by atoms with Gasteiger partial charge < -0.3 is 4.74 Å². The second kappa shape index (κ2) is 4.89. The van der Waals surface area contributed by atoms with Gasteiger partial charge in [-0.3, -0.25) is 4.40 Å².